The van der Waals surface area contributed by atoms with Gasteiger partial charge in [-0.3, -0.25) is 4.79 Å². The molecule has 0 heterocycles. The number of hydrogen-bond acceptors (Lipinski definition) is 3. The molecule has 7 heteroatoms. The highest BCUT2D eigenvalue weighted by atomic mass is 35.5. The molecule has 0 bridgehead atoms. The van der Waals surface area contributed by atoms with Crippen molar-refractivity contribution in [1.82, 2.24) is 0 Å². The second-order valence-corrected chi connectivity index (χ2v) is 4.03. The number of methoxy groups -OCH3 is 1. The summed E-state index contributed by atoms with van der Waals surface area (Å²) < 4.78 is 41.6. The Labute approximate surface area is 107 Å². The summed E-state index contributed by atoms with van der Waals surface area (Å²) >= 11 is 5.72. The number of nitrogens with two attached hydrogens (primary N) is 1. The molecule has 0 amide bonds. The molecule has 0 aliphatic rings. The van der Waals surface area contributed by atoms with Crippen molar-refractivity contribution in [2.75, 3.05) is 7.11 Å². The molecule has 1 unspecified atom stereocenters. The van der Waals surface area contributed by atoms with Gasteiger partial charge < -0.3 is 10.5 Å². The Balaban J connectivity index is 2.95. The summed E-state index contributed by atoms with van der Waals surface area (Å²) in [5.41, 5.74) is 5.08. The molecule has 0 aliphatic carbocycles. The number of halogens is 4. The molecule has 0 aromatic heterocycles. The van der Waals surface area contributed by atoms with Gasteiger partial charge in [0.2, 0.25) is 0 Å². The zero-order chi connectivity index (χ0) is 13.9. The first-order valence-electron chi connectivity index (χ1n) is 4.94. The molecule has 0 spiro atoms. The van der Waals surface area contributed by atoms with Crippen LogP contribution in [0.25, 0.3) is 0 Å². The van der Waals surface area contributed by atoms with Gasteiger partial charge in [-0.15, -0.1) is 0 Å². The maximum Gasteiger partial charge on any atom is 0.416 e. The van der Waals surface area contributed by atoms with E-state index in [1.165, 1.54) is 13.2 Å². The smallest absolute Gasteiger partial charge is 0.416 e. The summed E-state index contributed by atoms with van der Waals surface area (Å²) in [5, 5.41) is -0.124. The molecule has 1 aromatic rings. The highest BCUT2D eigenvalue weighted by Gasteiger charge is 2.31. The highest BCUT2D eigenvalue weighted by molar-refractivity contribution is 6.31. The van der Waals surface area contributed by atoms with E-state index in [2.05, 4.69) is 4.74 Å². The fourth-order valence-corrected chi connectivity index (χ4v) is 1.70. The number of carbonyl (C=O) groups excluding carboxylic acids is 1. The predicted molar refractivity (Wildman–Crippen MR) is 60.0 cm³/mol. The van der Waals surface area contributed by atoms with E-state index in [0.717, 1.165) is 12.1 Å². The standard InChI is InChI=1S/C11H11ClF3NO2/c1-18-10(17)5-9(16)7-3-2-6(4-8(7)12)11(13,14)15/h2-4,9H,5,16H2,1H3. The van der Waals surface area contributed by atoms with Crippen LogP contribution in [0.15, 0.2) is 18.2 Å². The maximum atomic E-state index is 12.4. The Morgan fingerprint density at radius 3 is 2.56 bits per heavy atom. The fourth-order valence-electron chi connectivity index (χ4n) is 1.38. The Morgan fingerprint density at radius 2 is 2.11 bits per heavy atom. The van der Waals surface area contributed by atoms with Crippen molar-refractivity contribution in [2.24, 2.45) is 5.73 Å². The van der Waals surface area contributed by atoms with Gasteiger partial charge in [-0.05, 0) is 17.7 Å². The summed E-state index contributed by atoms with van der Waals surface area (Å²) in [6.07, 6.45) is -4.61. The van der Waals surface area contributed by atoms with Crippen LogP contribution in [0.4, 0.5) is 13.2 Å². The third-order valence-electron chi connectivity index (χ3n) is 2.34. The lowest BCUT2D eigenvalue weighted by molar-refractivity contribution is -0.141. The first-order chi connectivity index (χ1) is 8.25. The minimum absolute atomic E-state index is 0.124. The van der Waals surface area contributed by atoms with Crippen molar-refractivity contribution in [2.45, 2.75) is 18.6 Å². The summed E-state index contributed by atoms with van der Waals surface area (Å²) in [7, 11) is 1.20. The minimum Gasteiger partial charge on any atom is -0.469 e. The largest absolute Gasteiger partial charge is 0.469 e. The number of alkyl halides is 3. The van der Waals surface area contributed by atoms with Crippen LogP contribution in [0, 0.1) is 0 Å². The second kappa shape index (κ2) is 5.58. The molecular formula is C11H11ClF3NO2. The molecule has 0 saturated heterocycles. The average molecular weight is 282 g/mol. The van der Waals surface area contributed by atoms with Gasteiger partial charge in [0, 0.05) is 11.1 Å². The van der Waals surface area contributed by atoms with Gasteiger partial charge in [-0.2, -0.15) is 13.2 Å². The third kappa shape index (κ3) is 3.61. The first kappa shape index (κ1) is 14.8. The van der Waals surface area contributed by atoms with E-state index in [1.54, 1.807) is 0 Å². The van der Waals surface area contributed by atoms with Gasteiger partial charge in [0.1, 0.15) is 0 Å². The molecule has 3 nitrogen and oxygen atoms in total. The van der Waals surface area contributed by atoms with Crippen LogP contribution < -0.4 is 5.73 Å². The molecule has 1 atom stereocenters. The zero-order valence-electron chi connectivity index (χ0n) is 9.42. The molecule has 0 radical (unpaired) electrons. The zero-order valence-corrected chi connectivity index (χ0v) is 10.2. The number of hydrogen-bond donors (Lipinski definition) is 1. The van der Waals surface area contributed by atoms with Crippen LogP contribution in [-0.2, 0) is 15.7 Å². The van der Waals surface area contributed by atoms with E-state index >= 15 is 0 Å². The van der Waals surface area contributed by atoms with Gasteiger partial charge in [0.25, 0.3) is 0 Å². The van der Waals surface area contributed by atoms with Gasteiger partial charge >= 0.3 is 12.1 Å². The SMILES string of the molecule is COC(=O)CC(N)c1ccc(C(F)(F)F)cc1Cl. The van der Waals surface area contributed by atoms with Crippen molar-refractivity contribution in [3.63, 3.8) is 0 Å². The lowest BCUT2D eigenvalue weighted by atomic mass is 10.0. The van der Waals surface area contributed by atoms with Crippen molar-refractivity contribution in [1.29, 1.82) is 0 Å². The molecule has 0 fully saturated rings. The van der Waals surface area contributed by atoms with Crippen molar-refractivity contribution < 1.29 is 22.7 Å². The van der Waals surface area contributed by atoms with Crippen molar-refractivity contribution in [3.8, 4) is 0 Å². The molecule has 2 N–H and O–H groups in total. The van der Waals surface area contributed by atoms with E-state index in [4.69, 9.17) is 17.3 Å². The van der Waals surface area contributed by atoms with Crippen LogP contribution in [0.2, 0.25) is 5.02 Å². The van der Waals surface area contributed by atoms with Crippen LogP contribution in [0.5, 0.6) is 0 Å². The molecular weight excluding hydrogens is 271 g/mol. The Kier molecular flexibility index (Phi) is 4.59. The summed E-state index contributed by atoms with van der Waals surface area (Å²) in [6, 6.07) is 2.03. The Bertz CT molecular complexity index is 448. The Morgan fingerprint density at radius 1 is 1.50 bits per heavy atom. The second-order valence-electron chi connectivity index (χ2n) is 3.62. The molecule has 1 aromatic carbocycles. The third-order valence-corrected chi connectivity index (χ3v) is 2.67. The van der Waals surface area contributed by atoms with Gasteiger partial charge in [-0.1, -0.05) is 17.7 Å². The summed E-state index contributed by atoms with van der Waals surface area (Å²) in [4.78, 5) is 11.0. The fraction of sp³-hybridized carbons (Fsp3) is 0.364. The quantitative estimate of drug-likeness (QED) is 0.867. The monoisotopic (exact) mass is 281 g/mol. The van der Waals surface area contributed by atoms with Crippen LogP contribution in [0.1, 0.15) is 23.6 Å². The number of rotatable bonds is 3. The van der Waals surface area contributed by atoms with E-state index in [-0.39, 0.29) is 17.0 Å². The van der Waals surface area contributed by atoms with Crippen molar-refractivity contribution >= 4 is 17.6 Å². The van der Waals surface area contributed by atoms with Crippen LogP contribution >= 0.6 is 11.6 Å². The van der Waals surface area contributed by atoms with E-state index in [9.17, 15) is 18.0 Å². The normalized spacial score (nSPS) is 13.2. The lowest BCUT2D eigenvalue weighted by Gasteiger charge is -2.14. The summed E-state index contributed by atoms with van der Waals surface area (Å²) in [6.45, 7) is 0. The highest BCUT2D eigenvalue weighted by Crippen LogP contribution is 2.33. The number of ether oxygens (including phenoxy) is 1. The maximum absolute atomic E-state index is 12.4. The topological polar surface area (TPSA) is 52.3 Å². The van der Waals surface area contributed by atoms with E-state index in [0.29, 0.717) is 0 Å². The predicted octanol–water partition coefficient (Wildman–Crippen LogP) is 2.92. The number of benzene rings is 1. The lowest BCUT2D eigenvalue weighted by Crippen LogP contribution is -2.17. The van der Waals surface area contributed by atoms with Gasteiger partial charge in [0.05, 0.1) is 19.1 Å². The van der Waals surface area contributed by atoms with Gasteiger partial charge in [0.15, 0.2) is 0 Å². The van der Waals surface area contributed by atoms with Crippen molar-refractivity contribution in [3.05, 3.63) is 34.3 Å². The van der Waals surface area contributed by atoms with Gasteiger partial charge in [-0.25, -0.2) is 0 Å². The number of esters is 1. The minimum atomic E-state index is -4.46. The molecule has 0 saturated carbocycles. The van der Waals surface area contributed by atoms with E-state index in [1.807, 2.05) is 0 Å². The molecule has 1 rings (SSSR count). The molecule has 18 heavy (non-hydrogen) atoms. The first-order valence-corrected chi connectivity index (χ1v) is 5.32. The number of carbonyl (C=O) groups is 1. The van der Waals surface area contributed by atoms with Crippen LogP contribution in [0.3, 0.4) is 0 Å². The summed E-state index contributed by atoms with van der Waals surface area (Å²) in [5.74, 6) is -0.557. The van der Waals surface area contributed by atoms with Crippen LogP contribution in [-0.4, -0.2) is 13.1 Å². The van der Waals surface area contributed by atoms with E-state index < -0.39 is 23.8 Å². The molecule has 100 valence electrons. The molecule has 0 aliphatic heterocycles. The Hall–Kier alpha value is -1.27. The average Bonchev–Trinajstić information content (AvgIpc) is 2.27.